The van der Waals surface area contributed by atoms with Crippen LogP contribution < -0.4 is 15.1 Å². The van der Waals surface area contributed by atoms with Gasteiger partial charge in [0.1, 0.15) is 23.5 Å². The average molecular weight is 598 g/mol. The van der Waals surface area contributed by atoms with Crippen LogP contribution in [-0.2, 0) is 12.4 Å². The predicted octanol–water partition coefficient (Wildman–Crippen LogP) is 6.11. The van der Waals surface area contributed by atoms with Crippen molar-refractivity contribution in [2.75, 3.05) is 41.3 Å². The van der Waals surface area contributed by atoms with Crippen LogP contribution in [0.2, 0.25) is 0 Å². The number of hydrogen-bond donors (Lipinski definition) is 1. The minimum absolute atomic E-state index is 0.328. The summed E-state index contributed by atoms with van der Waals surface area (Å²) in [5.74, 6) is -9.72. The summed E-state index contributed by atoms with van der Waals surface area (Å²) in [6.45, 7) is -1.57. The molecule has 222 valence electrons. The van der Waals surface area contributed by atoms with Gasteiger partial charge in [-0.25, -0.2) is 27.5 Å². The van der Waals surface area contributed by atoms with Gasteiger partial charge in [0, 0.05) is 58.1 Å². The molecule has 2 aromatic heterocycles. The van der Waals surface area contributed by atoms with Crippen molar-refractivity contribution >= 4 is 23.4 Å². The lowest BCUT2D eigenvalue weighted by molar-refractivity contribution is -0.138. The molecule has 2 saturated heterocycles. The fraction of sp³-hybridized carbons (Fsp3) is 0.500. The Morgan fingerprint density at radius 3 is 1.83 bits per heavy atom. The molecule has 17 heteroatoms. The lowest BCUT2D eigenvalue weighted by atomic mass is 10.0. The van der Waals surface area contributed by atoms with Crippen LogP contribution in [0.5, 0.6) is 0 Å². The van der Waals surface area contributed by atoms with E-state index in [-0.39, 0.29) is 13.1 Å². The van der Waals surface area contributed by atoms with Gasteiger partial charge in [0.2, 0.25) is 0 Å². The van der Waals surface area contributed by atoms with Gasteiger partial charge in [0.15, 0.2) is 0 Å². The fourth-order valence-electron chi connectivity index (χ4n) is 4.44. The van der Waals surface area contributed by atoms with Crippen molar-refractivity contribution in [1.82, 2.24) is 9.97 Å². The first kappa shape index (κ1) is 30.1. The Bertz CT molecular complexity index is 1350. The summed E-state index contributed by atoms with van der Waals surface area (Å²) in [6.07, 6.45) is -12.6. The summed E-state index contributed by atoms with van der Waals surface area (Å²) in [7, 11) is 0. The molecule has 4 heterocycles. The van der Waals surface area contributed by atoms with E-state index in [0.717, 1.165) is 9.80 Å². The summed E-state index contributed by atoms with van der Waals surface area (Å²) in [4.78, 5) is 22.8. The predicted molar refractivity (Wildman–Crippen MR) is 124 cm³/mol. The third-order valence-corrected chi connectivity index (χ3v) is 6.69. The van der Waals surface area contributed by atoms with Crippen LogP contribution >= 0.6 is 0 Å². The Kier molecular flexibility index (Phi) is 7.74. The minimum atomic E-state index is -5.21. The van der Waals surface area contributed by atoms with E-state index in [1.807, 2.05) is 5.32 Å². The number of nitriles is 1. The number of carbonyl (C=O) groups excluding carboxylic acids is 1. The topological polar surface area (TPSA) is 85.1 Å². The first-order chi connectivity index (χ1) is 18.9. The number of pyridine rings is 2. The number of hydrogen-bond acceptors (Lipinski definition) is 6. The lowest BCUT2D eigenvalue weighted by Gasteiger charge is -2.34. The maximum Gasteiger partial charge on any atom is 0.420 e. The maximum atomic E-state index is 13.9. The number of anilines is 3. The summed E-state index contributed by atoms with van der Waals surface area (Å²) in [5.41, 5.74) is -4.53. The van der Waals surface area contributed by atoms with Gasteiger partial charge in [-0.1, -0.05) is 0 Å². The normalized spacial score (nSPS) is 19.0. The van der Waals surface area contributed by atoms with Crippen molar-refractivity contribution in [2.45, 2.75) is 49.9 Å². The molecule has 1 amide bonds. The van der Waals surface area contributed by atoms with Crippen LogP contribution in [0.1, 0.15) is 52.7 Å². The molecule has 0 bridgehead atoms. The number of carbonyl (C=O) groups is 1. The van der Waals surface area contributed by atoms with E-state index in [4.69, 9.17) is 0 Å². The van der Waals surface area contributed by atoms with Gasteiger partial charge in [-0.15, -0.1) is 0 Å². The first-order valence-corrected chi connectivity index (χ1v) is 12.1. The lowest BCUT2D eigenvalue weighted by Crippen LogP contribution is -2.41. The highest BCUT2D eigenvalue weighted by molar-refractivity contribution is 6.07. The molecule has 2 aliphatic heterocycles. The van der Waals surface area contributed by atoms with Crippen molar-refractivity contribution < 1.29 is 48.7 Å². The molecule has 41 heavy (non-hydrogen) atoms. The van der Waals surface area contributed by atoms with Crippen molar-refractivity contribution in [3.05, 3.63) is 40.6 Å². The number of amides is 1. The Morgan fingerprint density at radius 2 is 1.37 bits per heavy atom. The zero-order valence-electron chi connectivity index (χ0n) is 20.8. The van der Waals surface area contributed by atoms with E-state index < -0.39 is 109 Å². The minimum Gasteiger partial charge on any atom is -0.356 e. The Hall–Kier alpha value is -3.84. The molecule has 2 aliphatic rings. The summed E-state index contributed by atoms with van der Waals surface area (Å²) >= 11 is 0. The van der Waals surface area contributed by atoms with Crippen molar-refractivity contribution in [1.29, 1.82) is 5.26 Å². The smallest absolute Gasteiger partial charge is 0.356 e. The molecule has 0 unspecified atom stereocenters. The van der Waals surface area contributed by atoms with Crippen LogP contribution in [0.15, 0.2) is 18.3 Å². The fourth-order valence-corrected chi connectivity index (χ4v) is 4.44. The third-order valence-electron chi connectivity index (χ3n) is 6.69. The summed E-state index contributed by atoms with van der Waals surface area (Å²) < 4.78 is 137. The number of nitrogens with one attached hydrogen (secondary N) is 1. The molecule has 0 radical (unpaired) electrons. The standard InChI is InChI=1S/C24H20F10N6O/c25-21(26)1-5-39(6-2-21)18-13(11-35)9-16(24(32,33)34)17(37-18)38-20(41)15-10-14(23(29,30)31)12-36-19(15)40-7-3-22(27,28)4-8-40/h9-10,12H,1-8H2,(H,37,38,41). The second kappa shape index (κ2) is 10.5. The van der Waals surface area contributed by atoms with E-state index >= 15 is 0 Å². The Balaban J connectivity index is 1.76. The van der Waals surface area contributed by atoms with Gasteiger partial charge < -0.3 is 15.1 Å². The number of rotatable bonds is 4. The molecule has 0 spiro atoms. The molecular weight excluding hydrogens is 578 g/mol. The highest BCUT2D eigenvalue weighted by Crippen LogP contribution is 2.40. The second-order valence-electron chi connectivity index (χ2n) is 9.60. The summed E-state index contributed by atoms with van der Waals surface area (Å²) in [6, 6.07) is 2.19. The van der Waals surface area contributed by atoms with Crippen molar-refractivity contribution in [3.63, 3.8) is 0 Å². The zero-order valence-corrected chi connectivity index (χ0v) is 20.8. The van der Waals surface area contributed by atoms with Gasteiger partial charge >= 0.3 is 12.4 Å². The molecule has 0 saturated carbocycles. The van der Waals surface area contributed by atoms with E-state index in [0.29, 0.717) is 18.3 Å². The van der Waals surface area contributed by atoms with Crippen LogP contribution in [0.4, 0.5) is 61.4 Å². The number of nitrogens with zero attached hydrogens (tertiary/aromatic N) is 5. The highest BCUT2D eigenvalue weighted by Gasteiger charge is 2.41. The van der Waals surface area contributed by atoms with Crippen LogP contribution in [-0.4, -0.2) is 53.9 Å². The van der Waals surface area contributed by atoms with Crippen molar-refractivity contribution in [2.24, 2.45) is 0 Å². The van der Waals surface area contributed by atoms with E-state index in [9.17, 15) is 54.0 Å². The SMILES string of the molecule is N#Cc1cc(C(F)(F)F)c(NC(=O)c2cc(C(F)(F)F)cnc2N2CCC(F)(F)CC2)nc1N1CCC(F)(F)CC1. The molecular formula is C24H20F10N6O. The molecule has 0 aromatic carbocycles. The Morgan fingerprint density at radius 1 is 0.854 bits per heavy atom. The van der Waals surface area contributed by atoms with E-state index in [1.165, 1.54) is 6.07 Å². The number of halogens is 10. The van der Waals surface area contributed by atoms with E-state index in [1.54, 1.807) is 0 Å². The third kappa shape index (κ3) is 6.73. The summed E-state index contributed by atoms with van der Waals surface area (Å²) in [5, 5.41) is 11.2. The molecule has 4 rings (SSSR count). The number of alkyl halides is 10. The maximum absolute atomic E-state index is 13.9. The second-order valence-corrected chi connectivity index (χ2v) is 9.60. The highest BCUT2D eigenvalue weighted by atomic mass is 19.4. The van der Waals surface area contributed by atoms with E-state index in [2.05, 4.69) is 9.97 Å². The van der Waals surface area contributed by atoms with Gasteiger partial charge in [-0.2, -0.15) is 31.6 Å². The van der Waals surface area contributed by atoms with Gasteiger partial charge in [0.25, 0.3) is 17.8 Å². The molecule has 0 atom stereocenters. The molecule has 0 aliphatic carbocycles. The quantitative estimate of drug-likeness (QED) is 0.428. The monoisotopic (exact) mass is 598 g/mol. The molecule has 2 aromatic rings. The first-order valence-electron chi connectivity index (χ1n) is 12.1. The average Bonchev–Trinajstić information content (AvgIpc) is 2.87. The molecule has 7 nitrogen and oxygen atoms in total. The van der Waals surface area contributed by atoms with Crippen molar-refractivity contribution in [3.8, 4) is 6.07 Å². The number of piperidine rings is 2. The molecule has 1 N–H and O–H groups in total. The number of aromatic nitrogens is 2. The van der Waals surface area contributed by atoms with Crippen LogP contribution in [0.3, 0.4) is 0 Å². The zero-order chi connectivity index (χ0) is 30.4. The van der Waals surface area contributed by atoms with Crippen LogP contribution in [0, 0.1) is 11.3 Å². The van der Waals surface area contributed by atoms with Crippen LogP contribution in [0.25, 0.3) is 0 Å². The van der Waals surface area contributed by atoms with Gasteiger partial charge in [-0.3, -0.25) is 4.79 Å². The van der Waals surface area contributed by atoms with Gasteiger partial charge in [-0.05, 0) is 12.1 Å². The van der Waals surface area contributed by atoms with Gasteiger partial charge in [0.05, 0.1) is 22.3 Å². The Labute approximate surface area is 225 Å². The molecule has 2 fully saturated rings. The largest absolute Gasteiger partial charge is 0.420 e.